The first kappa shape index (κ1) is 16.1. The van der Waals surface area contributed by atoms with E-state index < -0.39 is 0 Å². The van der Waals surface area contributed by atoms with E-state index in [4.69, 9.17) is 9.47 Å². The highest BCUT2D eigenvalue weighted by atomic mass is 16.5. The fraction of sp³-hybridized carbons (Fsp3) is 0.625. The topological polar surface area (TPSA) is 62.8 Å². The summed E-state index contributed by atoms with van der Waals surface area (Å²) in [5.41, 5.74) is 1.15. The summed E-state index contributed by atoms with van der Waals surface area (Å²) >= 11 is 0. The largest absolute Gasteiger partial charge is 0.490 e. The van der Waals surface area contributed by atoms with Crippen molar-refractivity contribution < 1.29 is 14.6 Å². The van der Waals surface area contributed by atoms with Crippen LogP contribution in [-0.4, -0.2) is 44.1 Å². The van der Waals surface area contributed by atoms with Crippen molar-refractivity contribution in [2.45, 2.75) is 26.5 Å². The number of aliphatic hydroxyl groups excluding tert-OH is 1. The molecule has 5 nitrogen and oxygen atoms in total. The lowest BCUT2D eigenvalue weighted by Crippen LogP contribution is -2.30. The molecule has 1 aromatic rings. The monoisotopic (exact) mass is 294 g/mol. The molecule has 2 atom stereocenters. The van der Waals surface area contributed by atoms with Crippen molar-refractivity contribution in [1.82, 2.24) is 10.6 Å². The molecule has 1 heterocycles. The van der Waals surface area contributed by atoms with Crippen LogP contribution in [0.5, 0.6) is 11.5 Å². The Morgan fingerprint density at radius 3 is 2.62 bits per heavy atom. The zero-order chi connectivity index (χ0) is 15.1. The van der Waals surface area contributed by atoms with Gasteiger partial charge in [0.25, 0.3) is 0 Å². The molecule has 0 aromatic heterocycles. The third-order valence-electron chi connectivity index (χ3n) is 3.65. The van der Waals surface area contributed by atoms with E-state index in [9.17, 15) is 5.11 Å². The van der Waals surface area contributed by atoms with E-state index in [1.165, 1.54) is 0 Å². The summed E-state index contributed by atoms with van der Waals surface area (Å²) in [4.78, 5) is 0. The number of β-amino-alcohol motifs (C(OH)–C–C–N with tert-alkyl or cyclic N) is 1. The highest BCUT2D eigenvalue weighted by Gasteiger charge is 2.24. The van der Waals surface area contributed by atoms with Crippen LogP contribution >= 0.6 is 0 Å². The van der Waals surface area contributed by atoms with Gasteiger partial charge in [0.2, 0.25) is 0 Å². The Labute approximate surface area is 126 Å². The van der Waals surface area contributed by atoms with Gasteiger partial charge in [-0.1, -0.05) is 6.07 Å². The maximum absolute atomic E-state index is 9.76. The highest BCUT2D eigenvalue weighted by molar-refractivity contribution is 5.43. The third kappa shape index (κ3) is 4.59. The molecule has 21 heavy (non-hydrogen) atoms. The molecular formula is C16H26N2O3. The molecular weight excluding hydrogens is 268 g/mol. The average molecular weight is 294 g/mol. The summed E-state index contributed by atoms with van der Waals surface area (Å²) in [6.45, 7) is 8.33. The Morgan fingerprint density at radius 2 is 1.95 bits per heavy atom. The lowest BCUT2D eigenvalue weighted by atomic mass is 10.1. The van der Waals surface area contributed by atoms with Gasteiger partial charge < -0.3 is 25.2 Å². The molecule has 0 radical (unpaired) electrons. The minimum Gasteiger partial charge on any atom is -0.490 e. The van der Waals surface area contributed by atoms with E-state index >= 15 is 0 Å². The van der Waals surface area contributed by atoms with E-state index in [2.05, 4.69) is 10.6 Å². The summed E-state index contributed by atoms with van der Waals surface area (Å²) in [7, 11) is 0. The lowest BCUT2D eigenvalue weighted by molar-refractivity contribution is 0.146. The van der Waals surface area contributed by atoms with Crippen molar-refractivity contribution in [3.05, 3.63) is 23.8 Å². The molecule has 0 aliphatic carbocycles. The molecule has 5 heteroatoms. The van der Waals surface area contributed by atoms with E-state index in [1.54, 1.807) is 0 Å². The van der Waals surface area contributed by atoms with Crippen molar-refractivity contribution >= 4 is 0 Å². The Balaban J connectivity index is 1.88. The van der Waals surface area contributed by atoms with Crippen LogP contribution in [0, 0.1) is 5.92 Å². The highest BCUT2D eigenvalue weighted by Crippen LogP contribution is 2.28. The van der Waals surface area contributed by atoms with Crippen LogP contribution in [0.4, 0.5) is 0 Å². The fourth-order valence-electron chi connectivity index (χ4n) is 2.53. The second-order valence-corrected chi connectivity index (χ2v) is 5.26. The van der Waals surface area contributed by atoms with E-state index in [1.807, 2.05) is 32.0 Å². The van der Waals surface area contributed by atoms with Gasteiger partial charge in [-0.25, -0.2) is 0 Å². The summed E-state index contributed by atoms with van der Waals surface area (Å²) < 4.78 is 11.2. The molecule has 1 aromatic carbocycles. The van der Waals surface area contributed by atoms with Gasteiger partial charge >= 0.3 is 0 Å². The SMILES string of the molecule is CCOc1ccc(CNCC2CNCC2O)cc1OCC. The molecule has 2 rings (SSSR count). The zero-order valence-corrected chi connectivity index (χ0v) is 12.9. The van der Waals surface area contributed by atoms with Crippen molar-refractivity contribution in [3.63, 3.8) is 0 Å². The molecule has 1 aliphatic rings. The van der Waals surface area contributed by atoms with E-state index in [-0.39, 0.29) is 6.10 Å². The molecule has 0 spiro atoms. The second-order valence-electron chi connectivity index (χ2n) is 5.26. The zero-order valence-electron chi connectivity index (χ0n) is 12.9. The van der Waals surface area contributed by atoms with Crippen LogP contribution < -0.4 is 20.1 Å². The minimum atomic E-state index is -0.239. The predicted octanol–water partition coefficient (Wildman–Crippen LogP) is 1.15. The van der Waals surface area contributed by atoms with Crippen molar-refractivity contribution in [3.8, 4) is 11.5 Å². The molecule has 0 bridgehead atoms. The number of aliphatic hydroxyl groups is 1. The summed E-state index contributed by atoms with van der Waals surface area (Å²) in [5.74, 6) is 1.87. The molecule has 118 valence electrons. The molecule has 1 saturated heterocycles. The maximum atomic E-state index is 9.76. The van der Waals surface area contributed by atoms with Crippen molar-refractivity contribution in [2.24, 2.45) is 5.92 Å². The quantitative estimate of drug-likeness (QED) is 0.671. The molecule has 0 amide bonds. The molecule has 3 N–H and O–H groups in total. The van der Waals surface area contributed by atoms with E-state index in [0.29, 0.717) is 25.7 Å². The van der Waals surface area contributed by atoms with Crippen LogP contribution in [0.3, 0.4) is 0 Å². The molecule has 1 aliphatic heterocycles. The Bertz CT molecular complexity index is 440. The third-order valence-corrected chi connectivity index (χ3v) is 3.65. The minimum absolute atomic E-state index is 0.239. The summed E-state index contributed by atoms with van der Waals surface area (Å²) in [5, 5.41) is 16.3. The standard InChI is InChI=1S/C16H26N2O3/c1-3-20-15-6-5-12(7-16(15)21-4-2)8-17-9-13-10-18-11-14(13)19/h5-7,13-14,17-19H,3-4,8-11H2,1-2H3. The number of ether oxygens (including phenoxy) is 2. The number of benzene rings is 1. The summed E-state index contributed by atoms with van der Waals surface area (Å²) in [6, 6.07) is 6.02. The van der Waals surface area contributed by atoms with Gasteiger partial charge in [0.1, 0.15) is 0 Å². The number of hydrogen-bond acceptors (Lipinski definition) is 5. The van der Waals surface area contributed by atoms with Crippen LogP contribution in [-0.2, 0) is 6.54 Å². The smallest absolute Gasteiger partial charge is 0.161 e. The first-order valence-electron chi connectivity index (χ1n) is 7.72. The van der Waals surface area contributed by atoms with Gasteiger partial charge in [-0.05, 0) is 31.5 Å². The summed E-state index contributed by atoms with van der Waals surface area (Å²) in [6.07, 6.45) is -0.239. The Morgan fingerprint density at radius 1 is 1.19 bits per heavy atom. The normalized spacial score (nSPS) is 21.5. The van der Waals surface area contributed by atoms with Gasteiger partial charge in [0.15, 0.2) is 11.5 Å². The Hall–Kier alpha value is -1.30. The lowest BCUT2D eigenvalue weighted by Gasteiger charge is -2.15. The van der Waals surface area contributed by atoms with Gasteiger partial charge in [-0.2, -0.15) is 0 Å². The number of rotatable bonds is 8. The van der Waals surface area contributed by atoms with Crippen LogP contribution in [0.2, 0.25) is 0 Å². The van der Waals surface area contributed by atoms with Crippen LogP contribution in [0.1, 0.15) is 19.4 Å². The molecule has 2 unspecified atom stereocenters. The first-order chi connectivity index (χ1) is 10.2. The fourth-order valence-corrected chi connectivity index (χ4v) is 2.53. The Kier molecular flexibility index (Phi) is 6.29. The van der Waals surface area contributed by atoms with E-state index in [0.717, 1.165) is 36.7 Å². The first-order valence-corrected chi connectivity index (χ1v) is 7.72. The van der Waals surface area contributed by atoms with Gasteiger partial charge in [0.05, 0.1) is 19.3 Å². The predicted molar refractivity (Wildman–Crippen MR) is 82.9 cm³/mol. The average Bonchev–Trinajstić information content (AvgIpc) is 2.88. The van der Waals surface area contributed by atoms with Gasteiger partial charge in [-0.3, -0.25) is 0 Å². The van der Waals surface area contributed by atoms with Crippen LogP contribution in [0.25, 0.3) is 0 Å². The van der Waals surface area contributed by atoms with Crippen LogP contribution in [0.15, 0.2) is 18.2 Å². The molecule has 1 fully saturated rings. The van der Waals surface area contributed by atoms with Crippen molar-refractivity contribution in [2.75, 3.05) is 32.8 Å². The van der Waals surface area contributed by atoms with Gasteiger partial charge in [-0.15, -0.1) is 0 Å². The number of nitrogens with one attached hydrogen (secondary N) is 2. The second kappa shape index (κ2) is 8.22. The van der Waals surface area contributed by atoms with Crippen molar-refractivity contribution in [1.29, 1.82) is 0 Å². The molecule has 0 saturated carbocycles. The maximum Gasteiger partial charge on any atom is 0.161 e. The number of hydrogen-bond donors (Lipinski definition) is 3. The van der Waals surface area contributed by atoms with Gasteiger partial charge in [0, 0.05) is 32.1 Å².